The molecule has 4 heteroatoms. The average molecular weight is 295 g/mol. The van der Waals surface area contributed by atoms with Crippen molar-refractivity contribution in [3.63, 3.8) is 0 Å². The van der Waals surface area contributed by atoms with E-state index in [9.17, 15) is 0 Å². The standard InChI is InChI=1S/C16H23ClN2O/c1-12-11-19(8-3-9-20-12)16-13(4-2-5-15(16)17)10-18-14-6-7-14/h2,4-5,12,14,18H,3,6-11H2,1H3. The van der Waals surface area contributed by atoms with Crippen LogP contribution in [-0.2, 0) is 11.3 Å². The second-order valence-electron chi connectivity index (χ2n) is 5.88. The summed E-state index contributed by atoms with van der Waals surface area (Å²) in [7, 11) is 0. The van der Waals surface area contributed by atoms with Gasteiger partial charge in [-0.15, -0.1) is 0 Å². The van der Waals surface area contributed by atoms with E-state index in [0.717, 1.165) is 37.7 Å². The second-order valence-corrected chi connectivity index (χ2v) is 6.29. The van der Waals surface area contributed by atoms with Crippen LogP contribution in [0.15, 0.2) is 18.2 Å². The number of hydrogen-bond acceptors (Lipinski definition) is 3. The predicted octanol–water partition coefficient (Wildman–Crippen LogP) is 3.21. The van der Waals surface area contributed by atoms with E-state index in [1.54, 1.807) is 0 Å². The quantitative estimate of drug-likeness (QED) is 0.923. The van der Waals surface area contributed by atoms with Gasteiger partial charge in [0.15, 0.2) is 0 Å². The molecule has 3 nitrogen and oxygen atoms in total. The Morgan fingerprint density at radius 2 is 2.25 bits per heavy atom. The summed E-state index contributed by atoms with van der Waals surface area (Å²) < 4.78 is 5.74. The molecule has 1 aromatic carbocycles. The maximum Gasteiger partial charge on any atom is 0.0721 e. The second kappa shape index (κ2) is 6.33. The van der Waals surface area contributed by atoms with Crippen LogP contribution in [0.5, 0.6) is 0 Å². The van der Waals surface area contributed by atoms with Gasteiger partial charge in [-0.25, -0.2) is 0 Å². The molecule has 0 aromatic heterocycles. The van der Waals surface area contributed by atoms with Gasteiger partial charge in [0.1, 0.15) is 0 Å². The van der Waals surface area contributed by atoms with Crippen molar-refractivity contribution in [1.29, 1.82) is 0 Å². The number of halogens is 1. The fraction of sp³-hybridized carbons (Fsp3) is 0.625. The third-order valence-corrected chi connectivity index (χ3v) is 4.30. The van der Waals surface area contributed by atoms with Gasteiger partial charge in [0.25, 0.3) is 0 Å². The molecular weight excluding hydrogens is 272 g/mol. The number of nitrogens with one attached hydrogen (secondary N) is 1. The van der Waals surface area contributed by atoms with Crippen LogP contribution >= 0.6 is 11.6 Å². The highest BCUT2D eigenvalue weighted by molar-refractivity contribution is 6.33. The van der Waals surface area contributed by atoms with E-state index in [4.69, 9.17) is 16.3 Å². The first-order valence-corrected chi connectivity index (χ1v) is 7.99. The fourth-order valence-corrected chi connectivity index (χ4v) is 3.11. The topological polar surface area (TPSA) is 24.5 Å². The normalized spacial score (nSPS) is 23.7. The van der Waals surface area contributed by atoms with Gasteiger partial charge < -0.3 is 15.0 Å². The summed E-state index contributed by atoms with van der Waals surface area (Å²) in [6, 6.07) is 6.95. The highest BCUT2D eigenvalue weighted by Crippen LogP contribution is 2.32. The Morgan fingerprint density at radius 3 is 3.05 bits per heavy atom. The highest BCUT2D eigenvalue weighted by atomic mass is 35.5. The summed E-state index contributed by atoms with van der Waals surface area (Å²) in [5, 5.41) is 4.45. The van der Waals surface area contributed by atoms with Gasteiger partial charge in [0.05, 0.1) is 16.8 Å². The number of anilines is 1. The molecule has 20 heavy (non-hydrogen) atoms. The molecule has 1 atom stereocenters. The molecular formula is C16H23ClN2O. The lowest BCUT2D eigenvalue weighted by Crippen LogP contribution is -2.31. The summed E-state index contributed by atoms with van der Waals surface area (Å²) in [5.74, 6) is 0. The van der Waals surface area contributed by atoms with Crippen molar-refractivity contribution in [2.45, 2.75) is 44.9 Å². The van der Waals surface area contributed by atoms with E-state index in [1.807, 2.05) is 12.1 Å². The zero-order valence-electron chi connectivity index (χ0n) is 12.1. The number of nitrogens with zero attached hydrogens (tertiary/aromatic N) is 1. The SMILES string of the molecule is CC1CN(c2c(Cl)cccc2CNC2CC2)CCCO1. The zero-order valence-corrected chi connectivity index (χ0v) is 12.8. The van der Waals surface area contributed by atoms with Crippen molar-refractivity contribution in [2.75, 3.05) is 24.6 Å². The minimum absolute atomic E-state index is 0.262. The van der Waals surface area contributed by atoms with E-state index in [0.29, 0.717) is 6.04 Å². The van der Waals surface area contributed by atoms with Gasteiger partial charge in [-0.1, -0.05) is 23.7 Å². The smallest absolute Gasteiger partial charge is 0.0721 e. The minimum atomic E-state index is 0.262. The van der Waals surface area contributed by atoms with Gasteiger partial charge in [-0.3, -0.25) is 0 Å². The van der Waals surface area contributed by atoms with Gasteiger partial charge in [0.2, 0.25) is 0 Å². The first-order chi connectivity index (χ1) is 9.74. The first kappa shape index (κ1) is 14.2. The Morgan fingerprint density at radius 1 is 1.40 bits per heavy atom. The maximum atomic E-state index is 6.48. The molecule has 0 spiro atoms. The Labute approximate surface area is 126 Å². The lowest BCUT2D eigenvalue weighted by molar-refractivity contribution is 0.0821. The Balaban J connectivity index is 1.81. The van der Waals surface area contributed by atoms with E-state index >= 15 is 0 Å². The van der Waals surface area contributed by atoms with Crippen LogP contribution in [0, 0.1) is 0 Å². The van der Waals surface area contributed by atoms with Crippen LogP contribution in [0.1, 0.15) is 31.7 Å². The van der Waals surface area contributed by atoms with E-state index < -0.39 is 0 Å². The largest absolute Gasteiger partial charge is 0.377 e. The molecule has 2 fully saturated rings. The van der Waals surface area contributed by atoms with Crippen molar-refractivity contribution in [3.05, 3.63) is 28.8 Å². The van der Waals surface area contributed by atoms with Crippen molar-refractivity contribution in [1.82, 2.24) is 5.32 Å². The van der Waals surface area contributed by atoms with Crippen LogP contribution in [0.2, 0.25) is 5.02 Å². The summed E-state index contributed by atoms with van der Waals surface area (Å²) in [6.45, 7) is 5.83. The maximum absolute atomic E-state index is 6.48. The van der Waals surface area contributed by atoms with Crippen molar-refractivity contribution in [2.24, 2.45) is 0 Å². The third kappa shape index (κ3) is 3.46. The number of rotatable bonds is 4. The fourth-order valence-electron chi connectivity index (χ4n) is 2.80. The number of ether oxygens (including phenoxy) is 1. The lowest BCUT2D eigenvalue weighted by atomic mass is 10.1. The van der Waals surface area contributed by atoms with Crippen LogP contribution in [-0.4, -0.2) is 31.8 Å². The summed E-state index contributed by atoms with van der Waals surface area (Å²) >= 11 is 6.48. The van der Waals surface area contributed by atoms with Gasteiger partial charge in [0, 0.05) is 32.3 Å². The molecule has 1 aromatic rings. The summed E-state index contributed by atoms with van der Waals surface area (Å²) in [6.07, 6.45) is 3.94. The van der Waals surface area contributed by atoms with Gasteiger partial charge in [-0.05, 0) is 37.8 Å². The molecule has 1 saturated carbocycles. The number of benzene rings is 1. The van der Waals surface area contributed by atoms with Crippen LogP contribution in [0.4, 0.5) is 5.69 Å². The lowest BCUT2D eigenvalue weighted by Gasteiger charge is -2.28. The predicted molar refractivity (Wildman–Crippen MR) is 83.6 cm³/mol. The van der Waals surface area contributed by atoms with E-state index in [1.165, 1.54) is 24.1 Å². The molecule has 1 unspecified atom stereocenters. The summed E-state index contributed by atoms with van der Waals surface area (Å²) in [5.41, 5.74) is 2.50. The van der Waals surface area contributed by atoms with Crippen molar-refractivity contribution in [3.8, 4) is 0 Å². The van der Waals surface area contributed by atoms with Crippen molar-refractivity contribution < 1.29 is 4.74 Å². The zero-order chi connectivity index (χ0) is 13.9. The molecule has 1 N–H and O–H groups in total. The molecule has 3 rings (SSSR count). The molecule has 110 valence electrons. The Bertz CT molecular complexity index is 462. The van der Waals surface area contributed by atoms with E-state index in [2.05, 4.69) is 23.2 Å². The highest BCUT2D eigenvalue weighted by Gasteiger charge is 2.23. The van der Waals surface area contributed by atoms with Crippen molar-refractivity contribution >= 4 is 17.3 Å². The van der Waals surface area contributed by atoms with Crippen LogP contribution < -0.4 is 10.2 Å². The first-order valence-electron chi connectivity index (χ1n) is 7.61. The summed E-state index contributed by atoms with van der Waals surface area (Å²) in [4.78, 5) is 2.39. The molecule has 2 aliphatic rings. The Kier molecular flexibility index (Phi) is 4.49. The number of para-hydroxylation sites is 1. The molecule has 1 aliphatic carbocycles. The van der Waals surface area contributed by atoms with Gasteiger partial charge in [-0.2, -0.15) is 0 Å². The van der Waals surface area contributed by atoms with Crippen LogP contribution in [0.3, 0.4) is 0 Å². The molecule has 0 amide bonds. The molecule has 1 heterocycles. The Hall–Kier alpha value is -0.770. The van der Waals surface area contributed by atoms with Crippen LogP contribution in [0.25, 0.3) is 0 Å². The molecule has 0 radical (unpaired) electrons. The van der Waals surface area contributed by atoms with E-state index in [-0.39, 0.29) is 6.10 Å². The average Bonchev–Trinajstić information content (AvgIpc) is 3.24. The monoisotopic (exact) mass is 294 g/mol. The molecule has 1 aliphatic heterocycles. The molecule has 0 bridgehead atoms. The third-order valence-electron chi connectivity index (χ3n) is 4.00. The van der Waals surface area contributed by atoms with Gasteiger partial charge >= 0.3 is 0 Å². The molecule has 1 saturated heterocycles. The number of hydrogen-bond donors (Lipinski definition) is 1. The minimum Gasteiger partial charge on any atom is -0.377 e.